The van der Waals surface area contributed by atoms with Crippen molar-refractivity contribution in [3.63, 3.8) is 0 Å². The third-order valence-corrected chi connectivity index (χ3v) is 5.06. The molecule has 2 rings (SSSR count). The molecule has 1 heterocycles. The van der Waals surface area contributed by atoms with Gasteiger partial charge in [0.1, 0.15) is 5.00 Å². The summed E-state index contributed by atoms with van der Waals surface area (Å²) in [7, 11) is 1.35. The highest BCUT2D eigenvalue weighted by Crippen LogP contribution is 2.33. The van der Waals surface area contributed by atoms with Crippen molar-refractivity contribution >= 4 is 68.5 Å². The molecule has 1 aromatic heterocycles. The summed E-state index contributed by atoms with van der Waals surface area (Å²) >= 11 is 18.7. The summed E-state index contributed by atoms with van der Waals surface area (Å²) in [6.07, 6.45) is 0. The average Bonchev–Trinajstić information content (AvgIpc) is 2.76. The molecule has 0 fully saturated rings. The van der Waals surface area contributed by atoms with Gasteiger partial charge in [-0.1, -0.05) is 23.2 Å². The number of ether oxygens (including phenoxy) is 1. The number of aryl methyl sites for hydroxylation is 1. The summed E-state index contributed by atoms with van der Waals surface area (Å²) in [5.41, 5.74) is 1.98. The Morgan fingerprint density at radius 2 is 1.96 bits per heavy atom. The maximum Gasteiger partial charge on any atom is 0.341 e. The molecule has 0 aliphatic carbocycles. The summed E-state index contributed by atoms with van der Waals surface area (Å²) in [6.45, 7) is 3.81. The number of anilines is 2. The smallest absolute Gasteiger partial charge is 0.341 e. The molecule has 4 nitrogen and oxygen atoms in total. The van der Waals surface area contributed by atoms with Gasteiger partial charge in [0.25, 0.3) is 0 Å². The summed E-state index contributed by atoms with van der Waals surface area (Å²) in [4.78, 5) is 13.0. The fourth-order valence-corrected chi connectivity index (χ4v) is 3.70. The first kappa shape index (κ1) is 18.0. The molecular weight excluding hydrogens is 375 g/mol. The van der Waals surface area contributed by atoms with Crippen molar-refractivity contribution < 1.29 is 9.53 Å². The molecule has 0 aliphatic heterocycles. The van der Waals surface area contributed by atoms with E-state index in [0.29, 0.717) is 31.4 Å². The number of thiocarbonyl (C=S) groups is 1. The van der Waals surface area contributed by atoms with Gasteiger partial charge in [0.15, 0.2) is 5.11 Å². The monoisotopic (exact) mass is 388 g/mol. The Morgan fingerprint density at radius 3 is 2.57 bits per heavy atom. The zero-order chi connectivity index (χ0) is 17.1. The molecule has 0 unspecified atom stereocenters. The van der Waals surface area contributed by atoms with E-state index >= 15 is 0 Å². The van der Waals surface area contributed by atoms with Gasteiger partial charge in [0.05, 0.1) is 23.4 Å². The van der Waals surface area contributed by atoms with Crippen LogP contribution in [-0.4, -0.2) is 18.2 Å². The molecule has 8 heteroatoms. The third-order valence-electron chi connectivity index (χ3n) is 3.18. The van der Waals surface area contributed by atoms with Crippen LogP contribution in [0, 0.1) is 13.8 Å². The van der Waals surface area contributed by atoms with E-state index in [-0.39, 0.29) is 0 Å². The summed E-state index contributed by atoms with van der Waals surface area (Å²) < 4.78 is 4.83. The Morgan fingerprint density at radius 1 is 1.26 bits per heavy atom. The van der Waals surface area contributed by atoms with Crippen LogP contribution in [-0.2, 0) is 4.74 Å². The molecule has 2 aromatic rings. The average molecular weight is 389 g/mol. The third kappa shape index (κ3) is 4.14. The maximum atomic E-state index is 11.9. The lowest BCUT2D eigenvalue weighted by Crippen LogP contribution is -2.20. The van der Waals surface area contributed by atoms with Gasteiger partial charge in [-0.05, 0) is 49.8 Å². The van der Waals surface area contributed by atoms with Crippen LogP contribution in [0.25, 0.3) is 0 Å². The first-order chi connectivity index (χ1) is 10.8. The lowest BCUT2D eigenvalue weighted by Gasteiger charge is -2.12. The highest BCUT2D eigenvalue weighted by Gasteiger charge is 2.20. The number of hydrogen-bond donors (Lipinski definition) is 2. The normalized spacial score (nSPS) is 10.3. The zero-order valence-electron chi connectivity index (χ0n) is 12.6. The summed E-state index contributed by atoms with van der Waals surface area (Å²) in [5.74, 6) is -0.401. The molecule has 0 bridgehead atoms. The molecule has 0 atom stereocenters. The molecule has 0 spiro atoms. The number of benzene rings is 1. The van der Waals surface area contributed by atoms with Crippen molar-refractivity contribution in [2.75, 3.05) is 17.7 Å². The minimum Gasteiger partial charge on any atom is -0.465 e. The van der Waals surface area contributed by atoms with E-state index < -0.39 is 5.97 Å². The van der Waals surface area contributed by atoms with Gasteiger partial charge in [-0.15, -0.1) is 11.3 Å². The van der Waals surface area contributed by atoms with Crippen molar-refractivity contribution in [1.82, 2.24) is 0 Å². The van der Waals surface area contributed by atoms with Crippen molar-refractivity contribution in [1.29, 1.82) is 0 Å². The van der Waals surface area contributed by atoms with Crippen LogP contribution in [0.2, 0.25) is 10.0 Å². The van der Waals surface area contributed by atoms with Gasteiger partial charge in [-0.2, -0.15) is 0 Å². The molecule has 2 N–H and O–H groups in total. The van der Waals surface area contributed by atoms with E-state index in [1.165, 1.54) is 18.4 Å². The minimum absolute atomic E-state index is 0.320. The molecule has 0 radical (unpaired) electrons. The van der Waals surface area contributed by atoms with Gasteiger partial charge in [0.2, 0.25) is 0 Å². The molecule has 0 amide bonds. The number of esters is 1. The van der Waals surface area contributed by atoms with Crippen molar-refractivity contribution in [2.45, 2.75) is 13.8 Å². The van der Waals surface area contributed by atoms with Crippen LogP contribution in [0.1, 0.15) is 20.8 Å². The van der Waals surface area contributed by atoms with Crippen LogP contribution in [0.15, 0.2) is 18.2 Å². The van der Waals surface area contributed by atoms with Crippen LogP contribution < -0.4 is 10.6 Å². The molecule has 1 aromatic carbocycles. The first-order valence-corrected chi connectivity index (χ1v) is 8.53. The largest absolute Gasteiger partial charge is 0.465 e. The number of halogens is 2. The van der Waals surface area contributed by atoms with Crippen molar-refractivity contribution in [3.8, 4) is 0 Å². The van der Waals surface area contributed by atoms with E-state index in [1.807, 2.05) is 13.8 Å². The Balaban J connectivity index is 2.20. The molecular formula is C15H14Cl2N2O2S2. The van der Waals surface area contributed by atoms with E-state index in [0.717, 1.165) is 10.4 Å². The quantitative estimate of drug-likeness (QED) is 0.554. The fraction of sp³-hybridized carbons (Fsp3) is 0.200. The van der Waals surface area contributed by atoms with E-state index in [9.17, 15) is 4.79 Å². The van der Waals surface area contributed by atoms with Gasteiger partial charge < -0.3 is 15.4 Å². The van der Waals surface area contributed by atoms with E-state index in [4.69, 9.17) is 40.2 Å². The number of methoxy groups -OCH3 is 1. The molecule has 0 saturated carbocycles. The van der Waals surface area contributed by atoms with Crippen LogP contribution in [0.4, 0.5) is 10.7 Å². The minimum atomic E-state index is -0.401. The summed E-state index contributed by atoms with van der Waals surface area (Å²) in [5, 5.41) is 7.95. The standard InChI is InChI=1S/C15H14Cl2N2O2S2/c1-7-8(2)23-13(12(7)14(20)21-3)19-15(22)18-11-5-4-9(16)6-10(11)17/h4-6H,1-3H3,(H2,18,19,22). The van der Waals surface area contributed by atoms with Crippen LogP contribution >= 0.6 is 46.8 Å². The van der Waals surface area contributed by atoms with E-state index in [2.05, 4.69) is 10.6 Å². The molecule has 23 heavy (non-hydrogen) atoms. The highest BCUT2D eigenvalue weighted by molar-refractivity contribution is 7.80. The van der Waals surface area contributed by atoms with Gasteiger partial charge in [0, 0.05) is 9.90 Å². The number of thiophene rings is 1. The fourth-order valence-electron chi connectivity index (χ4n) is 1.91. The second-order valence-electron chi connectivity index (χ2n) is 4.68. The predicted molar refractivity (Wildman–Crippen MR) is 101 cm³/mol. The molecule has 122 valence electrons. The zero-order valence-corrected chi connectivity index (χ0v) is 15.8. The lowest BCUT2D eigenvalue weighted by atomic mass is 10.1. The van der Waals surface area contributed by atoms with Crippen LogP contribution in [0.5, 0.6) is 0 Å². The lowest BCUT2D eigenvalue weighted by molar-refractivity contribution is 0.0601. The van der Waals surface area contributed by atoms with Crippen molar-refractivity contribution in [3.05, 3.63) is 44.2 Å². The van der Waals surface area contributed by atoms with Crippen LogP contribution in [0.3, 0.4) is 0 Å². The SMILES string of the molecule is COC(=O)c1c(NC(=S)Nc2ccc(Cl)cc2Cl)sc(C)c1C. The predicted octanol–water partition coefficient (Wildman–Crippen LogP) is 5.27. The van der Waals surface area contributed by atoms with Gasteiger partial charge in [-0.3, -0.25) is 0 Å². The number of hydrogen-bond acceptors (Lipinski definition) is 4. The Hall–Kier alpha value is -1.34. The highest BCUT2D eigenvalue weighted by atomic mass is 35.5. The Kier molecular flexibility index (Phi) is 5.86. The van der Waals surface area contributed by atoms with Gasteiger partial charge >= 0.3 is 5.97 Å². The topological polar surface area (TPSA) is 50.4 Å². The summed E-state index contributed by atoms with van der Waals surface area (Å²) in [6, 6.07) is 5.05. The van der Waals surface area contributed by atoms with Crippen molar-refractivity contribution in [2.24, 2.45) is 0 Å². The van der Waals surface area contributed by atoms with Gasteiger partial charge in [-0.25, -0.2) is 4.79 Å². The Bertz CT molecular complexity index is 775. The number of carbonyl (C=O) groups excluding carboxylic acids is 1. The number of rotatable bonds is 3. The molecule has 0 aliphatic rings. The molecule has 0 saturated heterocycles. The Labute approximate surface area is 153 Å². The second kappa shape index (κ2) is 7.49. The van der Waals surface area contributed by atoms with E-state index in [1.54, 1.807) is 18.2 Å². The number of nitrogens with one attached hydrogen (secondary N) is 2. The second-order valence-corrected chi connectivity index (χ2v) is 7.16. The maximum absolute atomic E-state index is 11.9. The first-order valence-electron chi connectivity index (χ1n) is 6.54. The number of carbonyl (C=O) groups is 1.